The molecule has 1 heterocycles. The van der Waals surface area contributed by atoms with Crippen molar-refractivity contribution < 1.29 is 9.50 Å². The Bertz CT molecular complexity index is 248. The molecule has 4 heteroatoms. The van der Waals surface area contributed by atoms with E-state index < -0.39 is 18.0 Å². The highest BCUT2D eigenvalue weighted by Crippen LogP contribution is 2.12. The zero-order valence-electron chi connectivity index (χ0n) is 6.74. The summed E-state index contributed by atoms with van der Waals surface area (Å²) in [5, 5.41) is 9.38. The fourth-order valence-electron chi connectivity index (χ4n) is 0.832. The van der Waals surface area contributed by atoms with E-state index in [-0.39, 0.29) is 0 Å². The first kappa shape index (κ1) is 9.09. The summed E-state index contributed by atoms with van der Waals surface area (Å²) in [6.07, 6.45) is 0.228. The lowest BCUT2D eigenvalue weighted by atomic mass is 10.1. The highest BCUT2D eigenvalue weighted by Gasteiger charge is 2.12. The van der Waals surface area contributed by atoms with E-state index in [1.165, 1.54) is 12.1 Å². The third kappa shape index (κ3) is 1.99. The molecule has 3 N–H and O–H groups in total. The maximum atomic E-state index is 12.4. The van der Waals surface area contributed by atoms with Crippen molar-refractivity contribution in [3.8, 4) is 0 Å². The summed E-state index contributed by atoms with van der Waals surface area (Å²) in [6.45, 7) is 1.66. The molecule has 0 unspecified atom stereocenters. The number of aliphatic hydroxyl groups is 1. The quantitative estimate of drug-likeness (QED) is 0.683. The molecule has 0 aromatic carbocycles. The second-order valence-corrected chi connectivity index (χ2v) is 2.71. The highest BCUT2D eigenvalue weighted by atomic mass is 19.1. The number of halogens is 1. The Labute approximate surface area is 70.0 Å². The van der Waals surface area contributed by atoms with E-state index in [9.17, 15) is 9.50 Å². The molecule has 1 rings (SSSR count). The molecule has 0 saturated carbocycles. The van der Waals surface area contributed by atoms with E-state index in [4.69, 9.17) is 5.73 Å². The second kappa shape index (κ2) is 3.60. The molecule has 0 aliphatic carbocycles. The maximum absolute atomic E-state index is 12.4. The van der Waals surface area contributed by atoms with Crippen molar-refractivity contribution in [2.24, 2.45) is 5.73 Å². The van der Waals surface area contributed by atoms with Crippen LogP contribution in [0.25, 0.3) is 0 Å². The molecule has 0 radical (unpaired) electrons. The Kier molecular flexibility index (Phi) is 2.73. The smallest absolute Gasteiger partial charge is 0.141 e. The van der Waals surface area contributed by atoms with Gasteiger partial charge in [0.1, 0.15) is 11.9 Å². The van der Waals surface area contributed by atoms with Gasteiger partial charge in [0, 0.05) is 6.04 Å². The number of hydrogen-bond acceptors (Lipinski definition) is 3. The van der Waals surface area contributed by atoms with Crippen LogP contribution in [0.15, 0.2) is 18.3 Å². The zero-order chi connectivity index (χ0) is 9.14. The maximum Gasteiger partial charge on any atom is 0.141 e. The van der Waals surface area contributed by atoms with Gasteiger partial charge in [0.25, 0.3) is 0 Å². The second-order valence-electron chi connectivity index (χ2n) is 2.71. The van der Waals surface area contributed by atoms with Gasteiger partial charge >= 0.3 is 0 Å². The Morgan fingerprint density at radius 2 is 2.25 bits per heavy atom. The third-order valence-corrected chi connectivity index (χ3v) is 1.55. The first-order valence-corrected chi connectivity index (χ1v) is 3.66. The van der Waals surface area contributed by atoms with Gasteiger partial charge in [-0.2, -0.15) is 0 Å². The summed E-state index contributed by atoms with van der Waals surface area (Å²) < 4.78 is 12.4. The van der Waals surface area contributed by atoms with Crippen molar-refractivity contribution in [1.29, 1.82) is 0 Å². The van der Waals surface area contributed by atoms with Crippen molar-refractivity contribution in [2.75, 3.05) is 0 Å². The molecule has 0 amide bonds. The van der Waals surface area contributed by atoms with Crippen LogP contribution in [0, 0.1) is 5.82 Å². The van der Waals surface area contributed by atoms with Gasteiger partial charge in [0.15, 0.2) is 0 Å². The lowest BCUT2D eigenvalue weighted by molar-refractivity contribution is 0.148. The average molecular weight is 170 g/mol. The number of aliphatic hydroxyl groups excluding tert-OH is 1. The van der Waals surface area contributed by atoms with E-state index in [1.807, 2.05) is 0 Å². The van der Waals surface area contributed by atoms with E-state index >= 15 is 0 Å². The van der Waals surface area contributed by atoms with E-state index in [2.05, 4.69) is 4.98 Å². The van der Waals surface area contributed by atoms with Crippen LogP contribution in [0.4, 0.5) is 4.39 Å². The predicted molar refractivity (Wildman–Crippen MR) is 42.8 cm³/mol. The first-order valence-electron chi connectivity index (χ1n) is 3.66. The van der Waals surface area contributed by atoms with Crippen molar-refractivity contribution in [3.05, 3.63) is 29.8 Å². The van der Waals surface area contributed by atoms with Gasteiger partial charge < -0.3 is 10.8 Å². The summed E-state index contributed by atoms with van der Waals surface area (Å²) in [7, 11) is 0. The molecule has 3 nitrogen and oxygen atoms in total. The summed E-state index contributed by atoms with van der Waals surface area (Å²) in [4.78, 5) is 3.69. The van der Waals surface area contributed by atoms with Gasteiger partial charge in [-0.15, -0.1) is 0 Å². The van der Waals surface area contributed by atoms with Crippen molar-refractivity contribution in [2.45, 2.75) is 19.1 Å². The van der Waals surface area contributed by atoms with Crippen molar-refractivity contribution in [1.82, 2.24) is 4.98 Å². The molecular weight excluding hydrogens is 159 g/mol. The Morgan fingerprint density at radius 3 is 2.67 bits per heavy atom. The molecule has 0 saturated heterocycles. The SMILES string of the molecule is C[C@@H](N)[C@@H](O)c1ccc(F)cn1. The number of nitrogens with two attached hydrogens (primary N) is 1. The molecule has 0 aliphatic heterocycles. The fourth-order valence-corrected chi connectivity index (χ4v) is 0.832. The van der Waals surface area contributed by atoms with Crippen LogP contribution in [0.1, 0.15) is 18.7 Å². The summed E-state index contributed by atoms with van der Waals surface area (Å²) in [6, 6.07) is 2.26. The minimum Gasteiger partial charge on any atom is -0.385 e. The molecule has 12 heavy (non-hydrogen) atoms. The van der Waals surface area contributed by atoms with Crippen molar-refractivity contribution in [3.63, 3.8) is 0 Å². The van der Waals surface area contributed by atoms with Crippen LogP contribution in [-0.4, -0.2) is 16.1 Å². The van der Waals surface area contributed by atoms with Gasteiger partial charge in [-0.1, -0.05) is 0 Å². The summed E-state index contributed by atoms with van der Waals surface area (Å²) in [5.41, 5.74) is 5.82. The molecule has 0 fully saturated rings. The Morgan fingerprint density at radius 1 is 1.58 bits per heavy atom. The van der Waals surface area contributed by atoms with Gasteiger partial charge in [0.05, 0.1) is 11.9 Å². The van der Waals surface area contributed by atoms with E-state index in [0.29, 0.717) is 5.69 Å². The van der Waals surface area contributed by atoms with Gasteiger partial charge in [0.2, 0.25) is 0 Å². The molecule has 0 aliphatic rings. The molecule has 2 atom stereocenters. The van der Waals surface area contributed by atoms with E-state index in [1.54, 1.807) is 6.92 Å². The van der Waals surface area contributed by atoms with Crippen LogP contribution in [0.2, 0.25) is 0 Å². The third-order valence-electron chi connectivity index (χ3n) is 1.55. The predicted octanol–water partition coefficient (Wildman–Crippen LogP) is 0.601. The van der Waals surface area contributed by atoms with Crippen molar-refractivity contribution >= 4 is 0 Å². The average Bonchev–Trinajstić information content (AvgIpc) is 2.04. The molecule has 1 aromatic heterocycles. The van der Waals surface area contributed by atoms with Crippen LogP contribution >= 0.6 is 0 Å². The minimum atomic E-state index is -0.828. The molecular formula is C8H11FN2O. The lowest BCUT2D eigenvalue weighted by Crippen LogP contribution is -2.25. The number of pyridine rings is 1. The molecule has 1 aromatic rings. The van der Waals surface area contributed by atoms with Gasteiger partial charge in [-0.05, 0) is 19.1 Å². The van der Waals surface area contributed by atoms with Gasteiger partial charge in [-0.25, -0.2) is 4.39 Å². The summed E-state index contributed by atoms with van der Waals surface area (Å²) in [5.74, 6) is -0.421. The highest BCUT2D eigenvalue weighted by molar-refractivity contribution is 5.09. The molecule has 0 bridgehead atoms. The van der Waals surface area contributed by atoms with Crippen LogP contribution in [0.5, 0.6) is 0 Å². The Balaban J connectivity index is 2.82. The van der Waals surface area contributed by atoms with Crippen LogP contribution < -0.4 is 5.73 Å². The first-order chi connectivity index (χ1) is 5.61. The fraction of sp³-hybridized carbons (Fsp3) is 0.375. The minimum absolute atomic E-state index is 0.395. The number of aromatic nitrogens is 1. The van der Waals surface area contributed by atoms with Gasteiger partial charge in [-0.3, -0.25) is 4.98 Å². The lowest BCUT2D eigenvalue weighted by Gasteiger charge is -2.12. The van der Waals surface area contributed by atoms with Crippen LogP contribution in [-0.2, 0) is 0 Å². The molecule has 0 spiro atoms. The van der Waals surface area contributed by atoms with Crippen LogP contribution in [0.3, 0.4) is 0 Å². The topological polar surface area (TPSA) is 59.1 Å². The monoisotopic (exact) mass is 170 g/mol. The zero-order valence-corrected chi connectivity index (χ0v) is 6.74. The Hall–Kier alpha value is -1.00. The number of rotatable bonds is 2. The summed E-state index contributed by atoms with van der Waals surface area (Å²) >= 11 is 0. The molecule has 66 valence electrons. The number of nitrogens with zero attached hydrogens (tertiary/aromatic N) is 1. The largest absolute Gasteiger partial charge is 0.385 e. The van der Waals surface area contributed by atoms with E-state index in [0.717, 1.165) is 6.20 Å². The standard InChI is InChI=1S/C8H11FN2O/c1-5(10)8(12)7-3-2-6(9)4-11-7/h2-5,8,12H,10H2,1H3/t5-,8-/m1/s1. The normalized spacial score (nSPS) is 15.7. The number of hydrogen-bond donors (Lipinski definition) is 2.